The Kier molecular flexibility index (Phi) is 4.70. The third-order valence-electron chi connectivity index (χ3n) is 2.34. The molecule has 3 heteroatoms. The second-order valence-electron chi connectivity index (χ2n) is 3.98. The fourth-order valence-electron chi connectivity index (χ4n) is 1.39. The molecule has 1 aromatic carbocycles. The molecule has 3 nitrogen and oxygen atoms in total. The summed E-state index contributed by atoms with van der Waals surface area (Å²) in [5, 5.41) is 2.86. The maximum absolute atomic E-state index is 11.7. The van der Waals surface area contributed by atoms with Crippen LogP contribution in [-0.4, -0.2) is 17.7 Å². The van der Waals surface area contributed by atoms with Crippen LogP contribution in [0.1, 0.15) is 37.0 Å². The van der Waals surface area contributed by atoms with Crippen LogP contribution in [0.25, 0.3) is 0 Å². The molecule has 0 aromatic heterocycles. The van der Waals surface area contributed by atoms with Crippen molar-refractivity contribution in [3.63, 3.8) is 0 Å². The lowest BCUT2D eigenvalue weighted by atomic mass is 10.1. The predicted octanol–water partition coefficient (Wildman–Crippen LogP) is 2.17. The van der Waals surface area contributed by atoms with E-state index in [-0.39, 0.29) is 17.7 Å². The average molecular weight is 219 g/mol. The van der Waals surface area contributed by atoms with Gasteiger partial charge in [0.05, 0.1) is 0 Å². The van der Waals surface area contributed by atoms with Crippen LogP contribution in [0.5, 0.6) is 0 Å². The van der Waals surface area contributed by atoms with E-state index in [1.807, 2.05) is 25.1 Å². The van der Waals surface area contributed by atoms with Gasteiger partial charge in [-0.05, 0) is 32.4 Å². The highest BCUT2D eigenvalue weighted by Gasteiger charge is 2.09. The van der Waals surface area contributed by atoms with Crippen LogP contribution in [0.15, 0.2) is 30.3 Å². The quantitative estimate of drug-likeness (QED) is 0.825. The van der Waals surface area contributed by atoms with Crippen LogP contribution in [0.2, 0.25) is 0 Å². The summed E-state index contributed by atoms with van der Waals surface area (Å²) in [4.78, 5) is 22.5. The summed E-state index contributed by atoms with van der Waals surface area (Å²) in [6.07, 6.45) is 1.20. The van der Waals surface area contributed by atoms with Crippen molar-refractivity contribution in [2.45, 2.75) is 32.7 Å². The van der Waals surface area contributed by atoms with Crippen molar-refractivity contribution in [3.8, 4) is 0 Å². The van der Waals surface area contributed by atoms with E-state index in [0.717, 1.165) is 0 Å². The van der Waals surface area contributed by atoms with E-state index in [4.69, 9.17) is 0 Å². The molecule has 0 aliphatic rings. The molecule has 1 aromatic rings. The van der Waals surface area contributed by atoms with E-state index >= 15 is 0 Å². The first kappa shape index (κ1) is 12.4. The zero-order chi connectivity index (χ0) is 12.0. The first-order valence-corrected chi connectivity index (χ1v) is 5.45. The van der Waals surface area contributed by atoms with Crippen molar-refractivity contribution in [2.75, 3.05) is 0 Å². The van der Waals surface area contributed by atoms with Crippen LogP contribution in [-0.2, 0) is 4.79 Å². The number of hydrogen-bond acceptors (Lipinski definition) is 2. The zero-order valence-corrected chi connectivity index (χ0v) is 9.69. The highest BCUT2D eigenvalue weighted by molar-refractivity contribution is 5.94. The van der Waals surface area contributed by atoms with E-state index < -0.39 is 0 Å². The Hall–Kier alpha value is -1.64. The van der Waals surface area contributed by atoms with E-state index in [9.17, 15) is 9.59 Å². The van der Waals surface area contributed by atoms with E-state index in [1.54, 1.807) is 19.1 Å². The lowest BCUT2D eigenvalue weighted by molar-refractivity contribution is -0.117. The van der Waals surface area contributed by atoms with Gasteiger partial charge in [0.2, 0.25) is 0 Å². The number of ketones is 1. The van der Waals surface area contributed by atoms with Crippen molar-refractivity contribution in [3.05, 3.63) is 35.9 Å². The minimum absolute atomic E-state index is 0.0246. The molecule has 16 heavy (non-hydrogen) atoms. The Morgan fingerprint density at radius 1 is 1.25 bits per heavy atom. The van der Waals surface area contributed by atoms with Crippen LogP contribution in [0.4, 0.5) is 0 Å². The third-order valence-corrected chi connectivity index (χ3v) is 2.34. The molecule has 0 radical (unpaired) electrons. The molecule has 0 fully saturated rings. The van der Waals surface area contributed by atoms with Crippen molar-refractivity contribution in [1.29, 1.82) is 0 Å². The van der Waals surface area contributed by atoms with Gasteiger partial charge in [0.1, 0.15) is 5.78 Å². The molecule has 0 saturated heterocycles. The lowest BCUT2D eigenvalue weighted by Crippen LogP contribution is -2.32. The van der Waals surface area contributed by atoms with Gasteiger partial charge in [0.25, 0.3) is 5.91 Å². The molecule has 1 rings (SSSR count). The lowest BCUT2D eigenvalue weighted by Gasteiger charge is -2.12. The number of carbonyl (C=O) groups is 2. The highest BCUT2D eigenvalue weighted by atomic mass is 16.1. The van der Waals surface area contributed by atoms with Gasteiger partial charge in [-0.1, -0.05) is 18.2 Å². The fraction of sp³-hybridized carbons (Fsp3) is 0.385. The van der Waals surface area contributed by atoms with Crippen molar-refractivity contribution in [1.82, 2.24) is 5.32 Å². The molecule has 1 amide bonds. The Bertz CT molecular complexity index is 359. The zero-order valence-electron chi connectivity index (χ0n) is 9.69. The molecular weight excluding hydrogens is 202 g/mol. The molecule has 0 heterocycles. The van der Waals surface area contributed by atoms with Crippen LogP contribution >= 0.6 is 0 Å². The van der Waals surface area contributed by atoms with Gasteiger partial charge < -0.3 is 10.1 Å². The summed E-state index contributed by atoms with van der Waals surface area (Å²) in [6, 6.07) is 9.09. The van der Waals surface area contributed by atoms with Gasteiger partial charge in [-0.15, -0.1) is 0 Å². The molecule has 1 unspecified atom stereocenters. The van der Waals surface area contributed by atoms with Crippen molar-refractivity contribution < 1.29 is 9.59 Å². The van der Waals surface area contributed by atoms with Crippen molar-refractivity contribution >= 4 is 11.7 Å². The number of amides is 1. The monoisotopic (exact) mass is 219 g/mol. The summed E-state index contributed by atoms with van der Waals surface area (Å²) in [5.74, 6) is 0.0671. The average Bonchev–Trinajstić information content (AvgIpc) is 2.27. The van der Waals surface area contributed by atoms with Gasteiger partial charge in [-0.2, -0.15) is 0 Å². The summed E-state index contributed by atoms with van der Waals surface area (Å²) < 4.78 is 0. The number of carbonyl (C=O) groups excluding carboxylic acids is 2. The summed E-state index contributed by atoms with van der Waals surface area (Å²) in [5.41, 5.74) is 0.650. The topological polar surface area (TPSA) is 46.2 Å². The molecule has 1 N–H and O–H groups in total. The van der Waals surface area contributed by atoms with Gasteiger partial charge in [0.15, 0.2) is 0 Å². The molecule has 0 saturated carbocycles. The van der Waals surface area contributed by atoms with E-state index in [2.05, 4.69) is 5.32 Å². The van der Waals surface area contributed by atoms with E-state index in [1.165, 1.54) is 0 Å². The summed E-state index contributed by atoms with van der Waals surface area (Å²) >= 11 is 0. The van der Waals surface area contributed by atoms with Crippen LogP contribution < -0.4 is 5.32 Å². The predicted molar refractivity (Wildman–Crippen MR) is 63.3 cm³/mol. The fourth-order valence-corrected chi connectivity index (χ4v) is 1.39. The van der Waals surface area contributed by atoms with Crippen LogP contribution in [0.3, 0.4) is 0 Å². The maximum Gasteiger partial charge on any atom is 0.251 e. The largest absolute Gasteiger partial charge is 0.350 e. The molecule has 0 aliphatic carbocycles. The first-order chi connectivity index (χ1) is 7.59. The normalized spacial score (nSPS) is 11.9. The van der Waals surface area contributed by atoms with E-state index in [0.29, 0.717) is 18.4 Å². The molecule has 86 valence electrons. The number of benzene rings is 1. The van der Waals surface area contributed by atoms with Gasteiger partial charge in [-0.25, -0.2) is 0 Å². The second kappa shape index (κ2) is 6.05. The molecule has 0 bridgehead atoms. The minimum Gasteiger partial charge on any atom is -0.350 e. The Balaban J connectivity index is 2.43. The molecule has 0 aliphatic heterocycles. The standard InChI is InChI=1S/C13H17NO2/c1-10(8-9-11(2)15)14-13(16)12-6-4-3-5-7-12/h3-7,10H,8-9H2,1-2H3,(H,14,16). The maximum atomic E-state index is 11.7. The van der Waals surface area contributed by atoms with Crippen LogP contribution in [0, 0.1) is 0 Å². The van der Waals surface area contributed by atoms with Gasteiger partial charge in [0, 0.05) is 18.0 Å². The first-order valence-electron chi connectivity index (χ1n) is 5.45. The van der Waals surface area contributed by atoms with Crippen molar-refractivity contribution in [2.24, 2.45) is 0 Å². The molecule has 1 atom stereocenters. The minimum atomic E-state index is -0.0864. The summed E-state index contributed by atoms with van der Waals surface area (Å²) in [6.45, 7) is 3.47. The Morgan fingerprint density at radius 2 is 1.88 bits per heavy atom. The van der Waals surface area contributed by atoms with Gasteiger partial charge in [-0.3, -0.25) is 4.79 Å². The SMILES string of the molecule is CC(=O)CCC(C)NC(=O)c1ccccc1. The number of nitrogens with one attached hydrogen (secondary N) is 1. The number of rotatable bonds is 5. The number of hydrogen-bond donors (Lipinski definition) is 1. The summed E-state index contributed by atoms with van der Waals surface area (Å²) in [7, 11) is 0. The number of Topliss-reactive ketones (excluding diaryl/α,β-unsaturated/α-hetero) is 1. The highest BCUT2D eigenvalue weighted by Crippen LogP contribution is 2.02. The smallest absolute Gasteiger partial charge is 0.251 e. The molecular formula is C13H17NO2. The Morgan fingerprint density at radius 3 is 2.44 bits per heavy atom. The molecule has 0 spiro atoms. The second-order valence-corrected chi connectivity index (χ2v) is 3.98. The third kappa shape index (κ3) is 4.26. The Labute approximate surface area is 95.9 Å². The van der Waals surface area contributed by atoms with Gasteiger partial charge >= 0.3 is 0 Å².